The molecule has 0 amide bonds. The van der Waals surface area contributed by atoms with E-state index in [1.807, 2.05) is 7.05 Å². The highest BCUT2D eigenvalue weighted by molar-refractivity contribution is 14.0. The molecule has 3 rings (SSSR count). The van der Waals surface area contributed by atoms with Crippen molar-refractivity contribution >= 4 is 29.9 Å². The van der Waals surface area contributed by atoms with Gasteiger partial charge in [-0.25, -0.2) is 0 Å². The van der Waals surface area contributed by atoms with E-state index >= 15 is 0 Å². The number of hydrogen-bond acceptors (Lipinski definition) is 4. The molecule has 2 aliphatic rings. The lowest BCUT2D eigenvalue weighted by molar-refractivity contribution is 0.0513. The predicted molar refractivity (Wildman–Crippen MR) is 130 cm³/mol. The number of hydrogen-bond donors (Lipinski definition) is 2. The van der Waals surface area contributed by atoms with Crippen molar-refractivity contribution in [3.05, 3.63) is 29.8 Å². The number of rotatable bonds is 7. The second-order valence-corrected chi connectivity index (χ2v) is 7.88. The Kier molecular flexibility index (Phi) is 10.5. The number of ether oxygens (including phenoxy) is 2. The van der Waals surface area contributed by atoms with E-state index in [1.54, 1.807) is 7.11 Å². The van der Waals surface area contributed by atoms with Crippen LogP contribution in [0, 0.1) is 0 Å². The Hall–Kier alpha value is -1.06. The highest BCUT2D eigenvalue weighted by Crippen LogP contribution is 2.35. The van der Waals surface area contributed by atoms with Crippen LogP contribution in [0.1, 0.15) is 37.7 Å². The lowest BCUT2D eigenvalue weighted by Crippen LogP contribution is -2.49. The molecule has 0 aromatic heterocycles. The number of halogens is 1. The van der Waals surface area contributed by atoms with Gasteiger partial charge in [0.1, 0.15) is 5.75 Å². The fourth-order valence-corrected chi connectivity index (χ4v) is 4.26. The molecular formula is C22H37IN4O2. The van der Waals surface area contributed by atoms with E-state index < -0.39 is 0 Å². The second-order valence-electron chi connectivity index (χ2n) is 7.88. The van der Waals surface area contributed by atoms with Crippen LogP contribution in [0.3, 0.4) is 0 Å². The summed E-state index contributed by atoms with van der Waals surface area (Å²) in [5, 5.41) is 7.07. The molecular weight excluding hydrogens is 479 g/mol. The zero-order chi connectivity index (χ0) is 19.7. The monoisotopic (exact) mass is 516 g/mol. The zero-order valence-electron chi connectivity index (χ0n) is 17.9. The van der Waals surface area contributed by atoms with E-state index in [0.717, 1.165) is 57.4 Å². The average Bonchev–Trinajstić information content (AvgIpc) is 2.77. The van der Waals surface area contributed by atoms with Crippen molar-refractivity contribution in [2.45, 2.75) is 37.5 Å². The normalized spacial score (nSPS) is 19.9. The SMILES string of the molecule is CN=C(NCCN1CCCCC1)NCC1(c2ccc(OC)cc2)CCOCC1.I. The summed E-state index contributed by atoms with van der Waals surface area (Å²) in [5.41, 5.74) is 1.41. The van der Waals surface area contributed by atoms with Gasteiger partial charge < -0.3 is 25.0 Å². The van der Waals surface area contributed by atoms with Crippen molar-refractivity contribution in [3.8, 4) is 5.75 Å². The van der Waals surface area contributed by atoms with Gasteiger partial charge in [-0.1, -0.05) is 18.6 Å². The van der Waals surface area contributed by atoms with Crippen molar-refractivity contribution in [2.75, 3.05) is 60.1 Å². The number of nitrogens with one attached hydrogen (secondary N) is 2. The first-order valence-corrected chi connectivity index (χ1v) is 10.6. The standard InChI is InChI=1S/C22H36N4O2.HI/c1-23-21(24-12-15-26-13-4-3-5-14-26)25-18-22(10-16-28-17-11-22)19-6-8-20(27-2)9-7-19;/h6-9H,3-5,10-18H2,1-2H3,(H2,23,24,25);1H. The quantitative estimate of drug-likeness (QED) is 0.332. The molecule has 0 radical (unpaired) electrons. The Balaban J connectivity index is 0.00000300. The molecule has 0 bridgehead atoms. The van der Waals surface area contributed by atoms with Gasteiger partial charge in [0.2, 0.25) is 0 Å². The largest absolute Gasteiger partial charge is 0.497 e. The fraction of sp³-hybridized carbons (Fsp3) is 0.682. The number of nitrogens with zero attached hydrogens (tertiary/aromatic N) is 2. The molecule has 0 unspecified atom stereocenters. The Labute approximate surface area is 192 Å². The molecule has 2 heterocycles. The second kappa shape index (κ2) is 12.6. The molecule has 164 valence electrons. The fourth-order valence-electron chi connectivity index (χ4n) is 4.26. The van der Waals surface area contributed by atoms with Crippen molar-refractivity contribution in [1.29, 1.82) is 0 Å². The molecule has 0 atom stereocenters. The molecule has 1 aromatic rings. The van der Waals surface area contributed by atoms with E-state index in [9.17, 15) is 0 Å². The first-order valence-electron chi connectivity index (χ1n) is 10.6. The molecule has 2 saturated heterocycles. The van der Waals surface area contributed by atoms with Crippen LogP contribution in [-0.4, -0.2) is 71.0 Å². The van der Waals surface area contributed by atoms with Crippen molar-refractivity contribution < 1.29 is 9.47 Å². The average molecular weight is 516 g/mol. The molecule has 0 aliphatic carbocycles. The summed E-state index contributed by atoms with van der Waals surface area (Å²) < 4.78 is 11.0. The number of piperidine rings is 1. The van der Waals surface area contributed by atoms with E-state index in [0.29, 0.717) is 0 Å². The zero-order valence-corrected chi connectivity index (χ0v) is 20.2. The van der Waals surface area contributed by atoms with Crippen LogP contribution in [0.5, 0.6) is 5.75 Å². The summed E-state index contributed by atoms with van der Waals surface area (Å²) in [4.78, 5) is 6.97. The highest BCUT2D eigenvalue weighted by Gasteiger charge is 2.34. The van der Waals surface area contributed by atoms with Gasteiger partial charge in [0, 0.05) is 45.3 Å². The summed E-state index contributed by atoms with van der Waals surface area (Å²) in [7, 11) is 3.56. The summed E-state index contributed by atoms with van der Waals surface area (Å²) in [6.45, 7) is 6.93. The van der Waals surface area contributed by atoms with E-state index in [1.165, 1.54) is 37.9 Å². The molecule has 0 spiro atoms. The summed E-state index contributed by atoms with van der Waals surface area (Å²) in [5.74, 6) is 1.78. The minimum atomic E-state index is 0. The Morgan fingerprint density at radius 2 is 1.79 bits per heavy atom. The third kappa shape index (κ3) is 7.00. The van der Waals surface area contributed by atoms with E-state index in [4.69, 9.17) is 9.47 Å². The maximum Gasteiger partial charge on any atom is 0.191 e. The summed E-state index contributed by atoms with van der Waals surface area (Å²) in [6, 6.07) is 8.49. The number of guanidine groups is 1. The highest BCUT2D eigenvalue weighted by atomic mass is 127. The summed E-state index contributed by atoms with van der Waals surface area (Å²) >= 11 is 0. The predicted octanol–water partition coefficient (Wildman–Crippen LogP) is 3.01. The molecule has 2 aliphatic heterocycles. The summed E-state index contributed by atoms with van der Waals surface area (Å²) in [6.07, 6.45) is 6.07. The Morgan fingerprint density at radius 1 is 1.10 bits per heavy atom. The molecule has 0 saturated carbocycles. The van der Waals surface area contributed by atoms with Crippen LogP contribution < -0.4 is 15.4 Å². The molecule has 6 nitrogen and oxygen atoms in total. The minimum absolute atomic E-state index is 0. The third-order valence-corrected chi connectivity index (χ3v) is 6.14. The van der Waals surface area contributed by atoms with Gasteiger partial charge in [-0.3, -0.25) is 4.99 Å². The van der Waals surface area contributed by atoms with Crippen LogP contribution in [-0.2, 0) is 10.2 Å². The van der Waals surface area contributed by atoms with Crippen LogP contribution in [0.25, 0.3) is 0 Å². The van der Waals surface area contributed by atoms with Crippen LogP contribution >= 0.6 is 24.0 Å². The lowest BCUT2D eigenvalue weighted by Gasteiger charge is -2.38. The number of methoxy groups -OCH3 is 1. The molecule has 2 fully saturated rings. The topological polar surface area (TPSA) is 58.1 Å². The molecule has 1 aromatic carbocycles. The van der Waals surface area contributed by atoms with Gasteiger partial charge in [0.25, 0.3) is 0 Å². The van der Waals surface area contributed by atoms with Gasteiger partial charge in [-0.05, 0) is 56.5 Å². The number of benzene rings is 1. The van der Waals surface area contributed by atoms with Crippen LogP contribution in [0.15, 0.2) is 29.3 Å². The Morgan fingerprint density at radius 3 is 2.41 bits per heavy atom. The maximum absolute atomic E-state index is 5.65. The van der Waals surface area contributed by atoms with E-state index in [2.05, 4.69) is 44.8 Å². The van der Waals surface area contributed by atoms with Gasteiger partial charge in [-0.15, -0.1) is 24.0 Å². The molecule has 2 N–H and O–H groups in total. The third-order valence-electron chi connectivity index (χ3n) is 6.14. The van der Waals surface area contributed by atoms with Crippen molar-refractivity contribution in [1.82, 2.24) is 15.5 Å². The maximum atomic E-state index is 5.65. The first-order chi connectivity index (χ1) is 13.8. The number of aliphatic imine (C=N–C) groups is 1. The van der Waals surface area contributed by atoms with Crippen molar-refractivity contribution in [2.24, 2.45) is 4.99 Å². The smallest absolute Gasteiger partial charge is 0.191 e. The molecule has 29 heavy (non-hydrogen) atoms. The lowest BCUT2D eigenvalue weighted by atomic mass is 9.74. The Bertz CT molecular complexity index is 612. The van der Waals surface area contributed by atoms with Gasteiger partial charge in [-0.2, -0.15) is 0 Å². The van der Waals surface area contributed by atoms with Crippen LogP contribution in [0.4, 0.5) is 0 Å². The van der Waals surface area contributed by atoms with Gasteiger partial charge in [0.05, 0.1) is 7.11 Å². The van der Waals surface area contributed by atoms with E-state index in [-0.39, 0.29) is 29.4 Å². The van der Waals surface area contributed by atoms with Gasteiger partial charge in [0.15, 0.2) is 5.96 Å². The van der Waals surface area contributed by atoms with Crippen molar-refractivity contribution in [3.63, 3.8) is 0 Å². The number of likely N-dealkylation sites (tertiary alicyclic amines) is 1. The molecule has 7 heteroatoms. The first kappa shape index (κ1) is 24.2. The van der Waals surface area contributed by atoms with Crippen LogP contribution in [0.2, 0.25) is 0 Å². The van der Waals surface area contributed by atoms with Gasteiger partial charge >= 0.3 is 0 Å². The minimum Gasteiger partial charge on any atom is -0.497 e.